The summed E-state index contributed by atoms with van der Waals surface area (Å²) in [5.74, 6) is 1.26. The van der Waals surface area contributed by atoms with Crippen LogP contribution in [-0.2, 0) is 24.1 Å². The molecule has 4 rings (SSSR count). The van der Waals surface area contributed by atoms with E-state index in [1.165, 1.54) is 28.0 Å². The maximum atomic E-state index is 12.9. The number of hydrogen-bond acceptors (Lipinski definition) is 7. The Labute approximate surface area is 227 Å². The first-order valence-electron chi connectivity index (χ1n) is 12.6. The Bertz CT molecular complexity index is 1280. The van der Waals surface area contributed by atoms with E-state index in [4.69, 9.17) is 14.2 Å². The summed E-state index contributed by atoms with van der Waals surface area (Å²) in [6, 6.07) is 13.8. The first kappa shape index (κ1) is 27.5. The molecule has 0 fully saturated rings. The topological polar surface area (TPSA) is 89.1 Å². The van der Waals surface area contributed by atoms with E-state index < -0.39 is 11.7 Å². The van der Waals surface area contributed by atoms with E-state index >= 15 is 0 Å². The van der Waals surface area contributed by atoms with Crippen LogP contribution in [0, 0.1) is 0 Å². The van der Waals surface area contributed by atoms with E-state index in [2.05, 4.69) is 27.7 Å². The van der Waals surface area contributed by atoms with Crippen LogP contribution in [0.3, 0.4) is 0 Å². The van der Waals surface area contributed by atoms with Gasteiger partial charge in [-0.3, -0.25) is 15.0 Å². The number of ether oxygens (including phenoxy) is 3. The average molecular weight is 538 g/mol. The van der Waals surface area contributed by atoms with Crippen molar-refractivity contribution in [3.05, 3.63) is 69.4 Å². The van der Waals surface area contributed by atoms with Crippen molar-refractivity contribution in [3.63, 3.8) is 0 Å². The van der Waals surface area contributed by atoms with Gasteiger partial charge in [0.1, 0.15) is 10.5 Å². The molecule has 0 bridgehead atoms. The molecule has 0 saturated heterocycles. The number of nitrogens with one attached hydrogen (secondary N) is 2. The van der Waals surface area contributed by atoms with Gasteiger partial charge in [0.2, 0.25) is 0 Å². The number of thiophene rings is 1. The fourth-order valence-electron chi connectivity index (χ4n) is 4.36. The van der Waals surface area contributed by atoms with Gasteiger partial charge in [-0.05, 0) is 86.0 Å². The van der Waals surface area contributed by atoms with E-state index in [9.17, 15) is 9.59 Å². The SMILES string of the molecule is COc1cc2c(cc1OC)CN(CCc1ccc(NC(=O)c3sccc3NC(=O)OC(C)(C)C)cc1)CC2. The fourth-order valence-corrected chi connectivity index (χ4v) is 5.10. The molecule has 0 unspecified atom stereocenters. The third-order valence-electron chi connectivity index (χ3n) is 6.23. The molecule has 2 amide bonds. The Morgan fingerprint density at radius 2 is 1.66 bits per heavy atom. The standard InChI is InChI=1S/C29H35N3O5S/c1-29(2,3)37-28(34)31-23-12-15-38-26(23)27(33)30-22-8-6-19(7-9-22)10-13-32-14-11-20-16-24(35-4)25(36-5)17-21(20)18-32/h6-9,12,15-17H,10-11,13-14,18H2,1-5H3,(H,30,33)(H,31,34). The Morgan fingerprint density at radius 1 is 0.974 bits per heavy atom. The predicted molar refractivity (Wildman–Crippen MR) is 151 cm³/mol. The molecule has 0 radical (unpaired) electrons. The smallest absolute Gasteiger partial charge is 0.412 e. The second-order valence-corrected chi connectivity index (χ2v) is 11.1. The van der Waals surface area contributed by atoms with Crippen molar-refractivity contribution < 1.29 is 23.8 Å². The number of fused-ring (bicyclic) bond motifs is 1. The zero-order valence-electron chi connectivity index (χ0n) is 22.6. The molecule has 9 heteroatoms. The molecular formula is C29H35N3O5S. The number of amides is 2. The van der Waals surface area contributed by atoms with Crippen LogP contribution in [0.25, 0.3) is 0 Å². The highest BCUT2D eigenvalue weighted by Crippen LogP contribution is 2.33. The van der Waals surface area contributed by atoms with Gasteiger partial charge in [-0.25, -0.2) is 4.79 Å². The van der Waals surface area contributed by atoms with Crippen molar-refractivity contribution in [2.75, 3.05) is 37.9 Å². The van der Waals surface area contributed by atoms with E-state index in [0.717, 1.165) is 44.0 Å². The summed E-state index contributed by atoms with van der Waals surface area (Å²) in [5, 5.41) is 7.34. The number of hydrogen-bond donors (Lipinski definition) is 2. The lowest BCUT2D eigenvalue weighted by molar-refractivity contribution is 0.0636. The summed E-state index contributed by atoms with van der Waals surface area (Å²) in [7, 11) is 3.33. The van der Waals surface area contributed by atoms with Crippen molar-refractivity contribution in [1.29, 1.82) is 0 Å². The summed E-state index contributed by atoms with van der Waals surface area (Å²) in [6.07, 6.45) is 1.30. The highest BCUT2D eigenvalue weighted by atomic mass is 32.1. The third-order valence-corrected chi connectivity index (χ3v) is 7.15. The number of anilines is 2. The second-order valence-electron chi connectivity index (χ2n) is 10.2. The molecule has 1 aliphatic rings. The number of rotatable bonds is 8. The van der Waals surface area contributed by atoms with Gasteiger partial charge in [0, 0.05) is 25.3 Å². The lowest BCUT2D eigenvalue weighted by atomic mass is 9.98. The van der Waals surface area contributed by atoms with Crippen LogP contribution in [0.15, 0.2) is 47.8 Å². The molecule has 0 aliphatic carbocycles. The van der Waals surface area contributed by atoms with Gasteiger partial charge >= 0.3 is 6.09 Å². The van der Waals surface area contributed by atoms with Crippen LogP contribution >= 0.6 is 11.3 Å². The third kappa shape index (κ3) is 7.05. The zero-order valence-corrected chi connectivity index (χ0v) is 23.4. The largest absolute Gasteiger partial charge is 0.493 e. The molecule has 2 aromatic carbocycles. The minimum atomic E-state index is -0.621. The Morgan fingerprint density at radius 3 is 2.32 bits per heavy atom. The first-order valence-corrected chi connectivity index (χ1v) is 13.5. The summed E-state index contributed by atoms with van der Waals surface area (Å²) in [5.41, 5.74) is 4.30. The molecule has 2 N–H and O–H groups in total. The molecule has 2 heterocycles. The lowest BCUT2D eigenvalue weighted by Crippen LogP contribution is -2.32. The van der Waals surface area contributed by atoms with Crippen molar-refractivity contribution in [3.8, 4) is 11.5 Å². The maximum Gasteiger partial charge on any atom is 0.412 e. The number of carbonyl (C=O) groups excluding carboxylic acids is 2. The van der Waals surface area contributed by atoms with E-state index in [1.54, 1.807) is 46.4 Å². The zero-order chi connectivity index (χ0) is 27.3. The van der Waals surface area contributed by atoms with E-state index in [-0.39, 0.29) is 5.91 Å². The number of methoxy groups -OCH3 is 2. The monoisotopic (exact) mass is 537 g/mol. The van der Waals surface area contributed by atoms with E-state index in [0.29, 0.717) is 16.3 Å². The molecule has 202 valence electrons. The molecule has 0 saturated carbocycles. The lowest BCUT2D eigenvalue weighted by Gasteiger charge is -2.29. The number of carbonyl (C=O) groups is 2. The maximum absolute atomic E-state index is 12.9. The van der Waals surface area contributed by atoms with Crippen molar-refractivity contribution in [1.82, 2.24) is 4.90 Å². The summed E-state index contributed by atoms with van der Waals surface area (Å²) in [4.78, 5) is 27.8. The minimum Gasteiger partial charge on any atom is -0.493 e. The molecule has 8 nitrogen and oxygen atoms in total. The number of benzene rings is 2. The Hall–Kier alpha value is -3.56. The second kappa shape index (κ2) is 11.9. The van der Waals surface area contributed by atoms with Gasteiger partial charge < -0.3 is 19.5 Å². The molecule has 1 aromatic heterocycles. The van der Waals surface area contributed by atoms with Crippen LogP contribution in [-0.4, -0.2) is 49.8 Å². The Kier molecular flexibility index (Phi) is 8.58. The normalized spacial score (nSPS) is 13.4. The summed E-state index contributed by atoms with van der Waals surface area (Å²) in [6.45, 7) is 8.18. The van der Waals surface area contributed by atoms with Gasteiger partial charge in [0.15, 0.2) is 11.5 Å². The first-order chi connectivity index (χ1) is 18.1. The highest BCUT2D eigenvalue weighted by Gasteiger charge is 2.21. The van der Waals surface area contributed by atoms with Gasteiger partial charge in [0.05, 0.1) is 19.9 Å². The molecule has 1 aliphatic heterocycles. The van der Waals surface area contributed by atoms with Crippen molar-refractivity contribution >= 4 is 34.7 Å². The van der Waals surface area contributed by atoms with Crippen LogP contribution in [0.2, 0.25) is 0 Å². The molecule has 3 aromatic rings. The summed E-state index contributed by atoms with van der Waals surface area (Å²) < 4.78 is 16.2. The van der Waals surface area contributed by atoms with Crippen molar-refractivity contribution in [2.24, 2.45) is 0 Å². The van der Waals surface area contributed by atoms with Crippen LogP contribution < -0.4 is 20.1 Å². The molecule has 0 atom stereocenters. The summed E-state index contributed by atoms with van der Waals surface area (Å²) >= 11 is 1.26. The minimum absolute atomic E-state index is 0.280. The van der Waals surface area contributed by atoms with Crippen LogP contribution in [0.5, 0.6) is 11.5 Å². The van der Waals surface area contributed by atoms with Crippen molar-refractivity contribution in [2.45, 2.75) is 45.8 Å². The van der Waals surface area contributed by atoms with Gasteiger partial charge in [-0.1, -0.05) is 12.1 Å². The molecular weight excluding hydrogens is 502 g/mol. The average Bonchev–Trinajstić information content (AvgIpc) is 3.34. The quantitative estimate of drug-likeness (QED) is 0.368. The van der Waals surface area contributed by atoms with Gasteiger partial charge in [-0.15, -0.1) is 11.3 Å². The molecule has 38 heavy (non-hydrogen) atoms. The van der Waals surface area contributed by atoms with E-state index in [1.807, 2.05) is 24.3 Å². The Balaban J connectivity index is 1.30. The molecule has 0 spiro atoms. The van der Waals surface area contributed by atoms with Crippen LogP contribution in [0.1, 0.15) is 47.1 Å². The predicted octanol–water partition coefficient (Wildman–Crippen LogP) is 5.97. The van der Waals surface area contributed by atoms with Gasteiger partial charge in [0.25, 0.3) is 5.91 Å². The van der Waals surface area contributed by atoms with Gasteiger partial charge in [-0.2, -0.15) is 0 Å². The highest BCUT2D eigenvalue weighted by molar-refractivity contribution is 7.12. The van der Waals surface area contributed by atoms with Crippen LogP contribution in [0.4, 0.5) is 16.2 Å². The number of nitrogens with zero attached hydrogens (tertiary/aromatic N) is 1. The fraction of sp³-hybridized carbons (Fsp3) is 0.379.